The Labute approximate surface area is 181 Å². The van der Waals surface area contributed by atoms with E-state index in [9.17, 15) is 0 Å². The Kier molecular flexibility index (Phi) is 6.54. The number of aromatic nitrogens is 3. The summed E-state index contributed by atoms with van der Waals surface area (Å²) in [6, 6.07) is 10.00. The molecule has 0 bridgehead atoms. The SMILES string of the molecule is COc1ccc(OC)c(CNCc2cccn2-c2nnc(N3CCC(C)CC3)s2)c1. The zero-order chi connectivity index (χ0) is 20.9. The van der Waals surface area contributed by atoms with Gasteiger partial charge in [0, 0.05) is 43.6 Å². The van der Waals surface area contributed by atoms with Crippen molar-refractivity contribution in [2.45, 2.75) is 32.9 Å². The van der Waals surface area contributed by atoms with E-state index in [0.29, 0.717) is 13.1 Å². The Morgan fingerprint density at radius 2 is 1.87 bits per heavy atom. The fourth-order valence-electron chi connectivity index (χ4n) is 3.73. The molecule has 0 radical (unpaired) electrons. The zero-order valence-corrected chi connectivity index (χ0v) is 18.6. The van der Waals surface area contributed by atoms with Crippen molar-refractivity contribution in [3.63, 3.8) is 0 Å². The summed E-state index contributed by atoms with van der Waals surface area (Å²) in [5.74, 6) is 2.48. The summed E-state index contributed by atoms with van der Waals surface area (Å²) in [4.78, 5) is 2.36. The highest BCUT2D eigenvalue weighted by molar-refractivity contribution is 7.17. The molecule has 8 heteroatoms. The molecule has 1 aromatic carbocycles. The number of methoxy groups -OCH3 is 2. The number of benzene rings is 1. The molecule has 7 nitrogen and oxygen atoms in total. The summed E-state index contributed by atoms with van der Waals surface area (Å²) in [5, 5.41) is 14.3. The molecule has 2 aromatic heterocycles. The predicted molar refractivity (Wildman–Crippen MR) is 120 cm³/mol. The maximum atomic E-state index is 5.47. The molecule has 1 saturated heterocycles. The molecule has 0 spiro atoms. The molecule has 1 aliphatic heterocycles. The zero-order valence-electron chi connectivity index (χ0n) is 17.8. The lowest BCUT2D eigenvalue weighted by Crippen LogP contribution is -2.32. The van der Waals surface area contributed by atoms with Crippen LogP contribution < -0.4 is 19.7 Å². The van der Waals surface area contributed by atoms with Crippen LogP contribution in [-0.2, 0) is 13.1 Å². The van der Waals surface area contributed by atoms with Gasteiger partial charge in [0.15, 0.2) is 0 Å². The van der Waals surface area contributed by atoms with Crippen LogP contribution in [0.15, 0.2) is 36.5 Å². The molecule has 0 unspecified atom stereocenters. The summed E-state index contributed by atoms with van der Waals surface area (Å²) in [6.45, 7) is 5.85. The first-order chi connectivity index (χ1) is 14.7. The number of anilines is 1. The molecule has 4 rings (SSSR count). The van der Waals surface area contributed by atoms with Gasteiger partial charge in [-0.05, 0) is 49.1 Å². The van der Waals surface area contributed by atoms with E-state index < -0.39 is 0 Å². The fourth-order valence-corrected chi connectivity index (χ4v) is 4.64. The van der Waals surface area contributed by atoms with Crippen molar-refractivity contribution in [3.05, 3.63) is 47.8 Å². The summed E-state index contributed by atoms with van der Waals surface area (Å²) in [7, 11) is 3.36. The number of hydrogen-bond donors (Lipinski definition) is 1. The first kappa shape index (κ1) is 20.7. The van der Waals surface area contributed by atoms with Gasteiger partial charge >= 0.3 is 0 Å². The van der Waals surface area contributed by atoms with Crippen LogP contribution in [0.3, 0.4) is 0 Å². The third-order valence-electron chi connectivity index (χ3n) is 5.61. The van der Waals surface area contributed by atoms with Crippen LogP contribution in [0, 0.1) is 5.92 Å². The molecule has 1 aliphatic rings. The molecular formula is C22H29N5O2S. The lowest BCUT2D eigenvalue weighted by Gasteiger charge is -2.29. The van der Waals surface area contributed by atoms with Crippen molar-refractivity contribution in [2.75, 3.05) is 32.2 Å². The number of hydrogen-bond acceptors (Lipinski definition) is 7. The minimum atomic E-state index is 0.679. The predicted octanol–water partition coefficient (Wildman–Crippen LogP) is 3.87. The monoisotopic (exact) mass is 427 g/mol. The van der Waals surface area contributed by atoms with E-state index in [-0.39, 0.29) is 0 Å². The van der Waals surface area contributed by atoms with Crippen LogP contribution in [-0.4, -0.2) is 42.1 Å². The van der Waals surface area contributed by atoms with Gasteiger partial charge in [0.2, 0.25) is 10.3 Å². The van der Waals surface area contributed by atoms with Gasteiger partial charge in [-0.15, -0.1) is 10.2 Å². The van der Waals surface area contributed by atoms with E-state index in [2.05, 4.69) is 38.0 Å². The number of nitrogens with zero attached hydrogens (tertiary/aromatic N) is 4. The number of nitrogens with one attached hydrogen (secondary N) is 1. The summed E-state index contributed by atoms with van der Waals surface area (Å²) >= 11 is 1.66. The van der Waals surface area contributed by atoms with Gasteiger partial charge in [-0.2, -0.15) is 0 Å². The lowest BCUT2D eigenvalue weighted by atomic mass is 10.00. The third-order valence-corrected chi connectivity index (χ3v) is 6.59. The Balaban J connectivity index is 1.41. The third kappa shape index (κ3) is 4.60. The molecule has 0 amide bonds. The van der Waals surface area contributed by atoms with Gasteiger partial charge in [-0.25, -0.2) is 0 Å². The highest BCUT2D eigenvalue weighted by Crippen LogP contribution is 2.28. The number of piperidine rings is 1. The van der Waals surface area contributed by atoms with Gasteiger partial charge in [0.05, 0.1) is 14.2 Å². The van der Waals surface area contributed by atoms with Crippen molar-refractivity contribution < 1.29 is 9.47 Å². The van der Waals surface area contributed by atoms with Crippen LogP contribution in [0.2, 0.25) is 0 Å². The van der Waals surface area contributed by atoms with Gasteiger partial charge in [0.1, 0.15) is 11.5 Å². The smallest absolute Gasteiger partial charge is 0.218 e. The highest BCUT2D eigenvalue weighted by Gasteiger charge is 2.20. The van der Waals surface area contributed by atoms with Crippen LogP contribution >= 0.6 is 11.3 Å². The summed E-state index contributed by atoms with van der Waals surface area (Å²) < 4.78 is 12.9. The maximum absolute atomic E-state index is 5.47. The van der Waals surface area contributed by atoms with Gasteiger partial charge in [-0.3, -0.25) is 4.57 Å². The van der Waals surface area contributed by atoms with Crippen molar-refractivity contribution >= 4 is 16.5 Å². The first-order valence-corrected chi connectivity index (χ1v) is 11.2. The molecule has 1 fully saturated rings. The van der Waals surface area contributed by atoms with Gasteiger partial charge < -0.3 is 19.7 Å². The minimum Gasteiger partial charge on any atom is -0.497 e. The molecule has 30 heavy (non-hydrogen) atoms. The maximum Gasteiger partial charge on any atom is 0.218 e. The minimum absolute atomic E-state index is 0.679. The molecule has 0 saturated carbocycles. The summed E-state index contributed by atoms with van der Waals surface area (Å²) in [6.07, 6.45) is 4.49. The Hall–Kier alpha value is -2.58. The Morgan fingerprint density at radius 1 is 1.07 bits per heavy atom. The van der Waals surface area contributed by atoms with Crippen molar-refractivity contribution in [2.24, 2.45) is 5.92 Å². The topological polar surface area (TPSA) is 64.4 Å². The van der Waals surface area contributed by atoms with Gasteiger partial charge in [-0.1, -0.05) is 18.3 Å². The second-order valence-corrected chi connectivity index (χ2v) is 8.62. The summed E-state index contributed by atoms with van der Waals surface area (Å²) in [5.41, 5.74) is 2.21. The van der Waals surface area contributed by atoms with Gasteiger partial charge in [0.25, 0.3) is 0 Å². The normalized spacial score (nSPS) is 14.8. The van der Waals surface area contributed by atoms with E-state index in [1.807, 2.05) is 30.5 Å². The number of rotatable bonds is 8. The second kappa shape index (κ2) is 9.49. The van der Waals surface area contributed by atoms with Crippen LogP contribution in [0.4, 0.5) is 5.13 Å². The van der Waals surface area contributed by atoms with Crippen LogP contribution in [0.5, 0.6) is 11.5 Å². The standard InChI is InChI=1S/C22H29N5O2S/c1-16-8-11-26(12-9-16)21-24-25-22(30-21)27-10-4-5-18(27)15-23-14-17-13-19(28-2)6-7-20(17)29-3/h4-7,10,13,16,23H,8-9,11-12,14-15H2,1-3H3. The van der Waals surface area contributed by atoms with E-state index in [0.717, 1.165) is 52.0 Å². The molecule has 3 aromatic rings. The second-order valence-electron chi connectivity index (χ2n) is 7.69. The largest absolute Gasteiger partial charge is 0.497 e. The van der Waals surface area contributed by atoms with E-state index in [1.165, 1.54) is 12.8 Å². The molecule has 3 heterocycles. The highest BCUT2D eigenvalue weighted by atomic mass is 32.1. The average Bonchev–Trinajstić information content (AvgIpc) is 3.43. The fraction of sp³-hybridized carbons (Fsp3) is 0.455. The molecular weight excluding hydrogens is 398 g/mol. The van der Waals surface area contributed by atoms with Crippen molar-refractivity contribution in [1.29, 1.82) is 0 Å². The Morgan fingerprint density at radius 3 is 2.63 bits per heavy atom. The Bertz CT molecular complexity index is 962. The average molecular weight is 428 g/mol. The van der Waals surface area contributed by atoms with E-state index >= 15 is 0 Å². The van der Waals surface area contributed by atoms with Crippen molar-refractivity contribution in [3.8, 4) is 16.6 Å². The van der Waals surface area contributed by atoms with Crippen molar-refractivity contribution in [1.82, 2.24) is 20.1 Å². The van der Waals surface area contributed by atoms with Crippen LogP contribution in [0.25, 0.3) is 5.13 Å². The molecule has 0 aliphatic carbocycles. The number of ether oxygens (including phenoxy) is 2. The molecule has 1 N–H and O–H groups in total. The van der Waals surface area contributed by atoms with E-state index in [1.54, 1.807) is 25.6 Å². The first-order valence-electron chi connectivity index (χ1n) is 10.3. The molecule has 160 valence electrons. The van der Waals surface area contributed by atoms with E-state index in [4.69, 9.17) is 9.47 Å². The quantitative estimate of drug-likeness (QED) is 0.589. The molecule has 0 atom stereocenters. The van der Waals surface area contributed by atoms with Crippen LogP contribution in [0.1, 0.15) is 31.0 Å². The lowest BCUT2D eigenvalue weighted by molar-refractivity contribution is 0.397.